The molecule has 0 aromatic heterocycles. The molecular weight excluding hydrogens is 467 g/mol. The standard InChI is InChI=1S/C17H32N4O3S.HI/c1-17(2,3)25(23)13-7-19-16(18-4)21-10-8-20(9-11-21)15(22)14-6-5-12-24-14;/h14H,5-13H2,1-4H3,(H,18,19);1H. The molecule has 0 aromatic rings. The van der Waals surface area contributed by atoms with Gasteiger partial charge < -0.3 is 19.9 Å². The van der Waals surface area contributed by atoms with Crippen LogP contribution in [0.4, 0.5) is 0 Å². The Balaban J connectivity index is 0.00000338. The Labute approximate surface area is 176 Å². The van der Waals surface area contributed by atoms with E-state index in [1.165, 1.54) is 0 Å². The lowest BCUT2D eigenvalue weighted by molar-refractivity contribution is -0.142. The third-order valence-electron chi connectivity index (χ3n) is 4.56. The molecule has 2 atom stereocenters. The predicted octanol–water partition coefficient (Wildman–Crippen LogP) is 1.05. The summed E-state index contributed by atoms with van der Waals surface area (Å²) in [5.74, 6) is 1.54. The minimum absolute atomic E-state index is 0. The molecule has 26 heavy (non-hydrogen) atoms. The van der Waals surface area contributed by atoms with Crippen molar-refractivity contribution in [1.29, 1.82) is 0 Å². The number of amides is 1. The van der Waals surface area contributed by atoms with E-state index >= 15 is 0 Å². The van der Waals surface area contributed by atoms with Gasteiger partial charge in [0.05, 0.1) is 0 Å². The molecule has 0 aliphatic carbocycles. The van der Waals surface area contributed by atoms with Crippen molar-refractivity contribution < 1.29 is 13.7 Å². The molecule has 1 N–H and O–H groups in total. The second kappa shape index (κ2) is 10.8. The number of carbonyl (C=O) groups excluding carboxylic acids is 1. The highest BCUT2D eigenvalue weighted by atomic mass is 127. The zero-order valence-corrected chi connectivity index (χ0v) is 19.5. The first-order valence-electron chi connectivity index (χ1n) is 9.07. The third kappa shape index (κ3) is 6.63. The van der Waals surface area contributed by atoms with Crippen molar-refractivity contribution in [2.45, 2.75) is 44.5 Å². The van der Waals surface area contributed by atoms with E-state index in [0.29, 0.717) is 32.0 Å². The summed E-state index contributed by atoms with van der Waals surface area (Å²) in [5, 5.41) is 3.30. The zero-order valence-electron chi connectivity index (χ0n) is 16.3. The van der Waals surface area contributed by atoms with E-state index in [9.17, 15) is 9.00 Å². The summed E-state index contributed by atoms with van der Waals surface area (Å²) in [6.07, 6.45) is 1.58. The van der Waals surface area contributed by atoms with E-state index in [0.717, 1.165) is 31.9 Å². The molecule has 2 unspecified atom stereocenters. The second-order valence-corrected chi connectivity index (χ2v) is 9.77. The summed E-state index contributed by atoms with van der Waals surface area (Å²) in [6, 6.07) is 0. The van der Waals surface area contributed by atoms with E-state index in [2.05, 4.69) is 15.2 Å². The van der Waals surface area contributed by atoms with Crippen molar-refractivity contribution in [3.8, 4) is 0 Å². The van der Waals surface area contributed by atoms with Crippen LogP contribution >= 0.6 is 24.0 Å². The lowest BCUT2D eigenvalue weighted by Crippen LogP contribution is -2.55. The molecule has 2 saturated heterocycles. The maximum absolute atomic E-state index is 12.4. The largest absolute Gasteiger partial charge is 0.368 e. The number of halogens is 1. The highest BCUT2D eigenvalue weighted by Crippen LogP contribution is 2.16. The van der Waals surface area contributed by atoms with Gasteiger partial charge in [0.2, 0.25) is 0 Å². The molecule has 2 aliphatic heterocycles. The fourth-order valence-corrected chi connectivity index (χ4v) is 3.91. The van der Waals surface area contributed by atoms with Gasteiger partial charge in [-0.05, 0) is 33.6 Å². The number of hydrogen-bond donors (Lipinski definition) is 1. The van der Waals surface area contributed by atoms with Gasteiger partial charge in [-0.25, -0.2) is 0 Å². The average Bonchev–Trinajstić information content (AvgIpc) is 3.12. The molecule has 7 nitrogen and oxygen atoms in total. The van der Waals surface area contributed by atoms with Gasteiger partial charge in [-0.2, -0.15) is 0 Å². The number of guanidine groups is 1. The second-order valence-electron chi connectivity index (χ2n) is 7.45. The lowest BCUT2D eigenvalue weighted by Gasteiger charge is -2.37. The molecule has 0 bridgehead atoms. The topological polar surface area (TPSA) is 74.2 Å². The smallest absolute Gasteiger partial charge is 0.251 e. The van der Waals surface area contributed by atoms with Crippen LogP contribution in [0.2, 0.25) is 0 Å². The SMILES string of the molecule is CN=C(NCCS(=O)C(C)(C)C)N1CCN(C(=O)C2CCCO2)CC1.I. The molecule has 2 fully saturated rings. The van der Waals surface area contributed by atoms with Crippen LogP contribution in [0.5, 0.6) is 0 Å². The summed E-state index contributed by atoms with van der Waals surface area (Å²) < 4.78 is 17.4. The van der Waals surface area contributed by atoms with Crippen LogP contribution in [0, 0.1) is 0 Å². The van der Waals surface area contributed by atoms with Crippen molar-refractivity contribution in [3.05, 3.63) is 0 Å². The summed E-state index contributed by atoms with van der Waals surface area (Å²) in [4.78, 5) is 20.8. The molecule has 2 heterocycles. The van der Waals surface area contributed by atoms with E-state index in [1.807, 2.05) is 25.7 Å². The van der Waals surface area contributed by atoms with Crippen LogP contribution in [-0.4, -0.2) is 88.9 Å². The third-order valence-corrected chi connectivity index (χ3v) is 6.50. The number of rotatable bonds is 4. The van der Waals surface area contributed by atoms with Gasteiger partial charge in [0.1, 0.15) is 6.10 Å². The van der Waals surface area contributed by atoms with Gasteiger partial charge >= 0.3 is 0 Å². The van der Waals surface area contributed by atoms with Crippen molar-refractivity contribution in [2.24, 2.45) is 4.99 Å². The fraction of sp³-hybridized carbons (Fsp3) is 0.882. The number of nitrogens with zero attached hydrogens (tertiary/aromatic N) is 3. The summed E-state index contributed by atoms with van der Waals surface area (Å²) in [6.45, 7) is 10.2. The number of hydrogen-bond acceptors (Lipinski definition) is 4. The van der Waals surface area contributed by atoms with Crippen LogP contribution < -0.4 is 5.32 Å². The zero-order chi connectivity index (χ0) is 18.4. The first-order chi connectivity index (χ1) is 11.8. The Bertz CT molecular complexity index is 511. The molecule has 2 rings (SSSR count). The van der Waals surface area contributed by atoms with Gasteiger partial charge in [0.25, 0.3) is 5.91 Å². The predicted molar refractivity (Wildman–Crippen MR) is 117 cm³/mol. The summed E-state index contributed by atoms with van der Waals surface area (Å²) in [7, 11) is 0.880. The van der Waals surface area contributed by atoms with Crippen LogP contribution in [-0.2, 0) is 20.3 Å². The molecule has 0 saturated carbocycles. The molecule has 1 amide bonds. The average molecular weight is 500 g/mol. The number of piperazine rings is 1. The van der Waals surface area contributed by atoms with Crippen molar-refractivity contribution >= 4 is 46.6 Å². The van der Waals surface area contributed by atoms with Gasteiger partial charge in [-0.15, -0.1) is 24.0 Å². The van der Waals surface area contributed by atoms with Gasteiger partial charge in [0, 0.05) is 67.7 Å². The normalized spacial score (nSPS) is 22.8. The number of aliphatic imine (C=N–C) groups is 1. The Hall–Kier alpha value is -0.420. The Kier molecular flexibility index (Phi) is 9.81. The molecule has 0 spiro atoms. The summed E-state index contributed by atoms with van der Waals surface area (Å²) in [5.41, 5.74) is 0. The maximum Gasteiger partial charge on any atom is 0.251 e. The minimum atomic E-state index is -0.877. The fourth-order valence-electron chi connectivity index (χ4n) is 3.01. The van der Waals surface area contributed by atoms with Gasteiger partial charge in [-0.1, -0.05) is 0 Å². The Morgan fingerprint density at radius 1 is 1.23 bits per heavy atom. The first kappa shape index (κ1) is 23.6. The van der Waals surface area contributed by atoms with E-state index in [4.69, 9.17) is 4.74 Å². The van der Waals surface area contributed by atoms with Crippen LogP contribution in [0.1, 0.15) is 33.6 Å². The van der Waals surface area contributed by atoms with Crippen molar-refractivity contribution in [2.75, 3.05) is 52.1 Å². The van der Waals surface area contributed by atoms with Crippen molar-refractivity contribution in [3.63, 3.8) is 0 Å². The molecule has 0 radical (unpaired) electrons. The minimum Gasteiger partial charge on any atom is -0.368 e. The maximum atomic E-state index is 12.4. The number of ether oxygens (including phenoxy) is 1. The van der Waals surface area contributed by atoms with E-state index < -0.39 is 10.8 Å². The Morgan fingerprint density at radius 2 is 1.85 bits per heavy atom. The number of nitrogens with one attached hydrogen (secondary N) is 1. The van der Waals surface area contributed by atoms with Crippen LogP contribution in [0.15, 0.2) is 4.99 Å². The lowest BCUT2D eigenvalue weighted by atomic mass is 10.2. The Morgan fingerprint density at radius 3 is 2.35 bits per heavy atom. The molecule has 9 heteroatoms. The van der Waals surface area contributed by atoms with Gasteiger partial charge in [-0.3, -0.25) is 14.0 Å². The van der Waals surface area contributed by atoms with Crippen LogP contribution in [0.25, 0.3) is 0 Å². The van der Waals surface area contributed by atoms with Crippen LogP contribution in [0.3, 0.4) is 0 Å². The monoisotopic (exact) mass is 500 g/mol. The highest BCUT2D eigenvalue weighted by Gasteiger charge is 2.31. The van der Waals surface area contributed by atoms with Crippen molar-refractivity contribution in [1.82, 2.24) is 15.1 Å². The molecule has 2 aliphatic rings. The molecule has 0 aromatic carbocycles. The quantitative estimate of drug-likeness (QED) is 0.355. The molecular formula is C17H33IN4O3S. The highest BCUT2D eigenvalue weighted by molar-refractivity contribution is 14.0. The van der Waals surface area contributed by atoms with E-state index in [1.54, 1.807) is 7.05 Å². The van der Waals surface area contributed by atoms with Gasteiger partial charge in [0.15, 0.2) is 5.96 Å². The summed E-state index contributed by atoms with van der Waals surface area (Å²) >= 11 is 0. The van der Waals surface area contributed by atoms with E-state index in [-0.39, 0.29) is 40.7 Å². The number of carbonyl (C=O) groups is 1. The first-order valence-corrected chi connectivity index (χ1v) is 10.4. The molecule has 152 valence electrons.